The highest BCUT2D eigenvalue weighted by Gasteiger charge is 2.24. The Kier molecular flexibility index (Phi) is 5.44. The topological polar surface area (TPSA) is 101 Å². The van der Waals surface area contributed by atoms with Gasteiger partial charge in [0.05, 0.1) is 15.4 Å². The van der Waals surface area contributed by atoms with Crippen molar-refractivity contribution in [2.75, 3.05) is 14.1 Å². The molecule has 0 aliphatic heterocycles. The van der Waals surface area contributed by atoms with E-state index in [1.54, 1.807) is 4.72 Å². The van der Waals surface area contributed by atoms with Gasteiger partial charge in [-0.15, -0.1) is 0 Å². The highest BCUT2D eigenvalue weighted by atomic mass is 32.2. The lowest BCUT2D eigenvalue weighted by Crippen LogP contribution is -2.31. The molecule has 0 fully saturated rings. The van der Waals surface area contributed by atoms with E-state index in [-0.39, 0.29) is 4.90 Å². The van der Waals surface area contributed by atoms with E-state index in [9.17, 15) is 30.4 Å². The van der Waals surface area contributed by atoms with Crippen molar-refractivity contribution in [3.8, 4) is 0 Å². The first-order valence-corrected chi connectivity index (χ1v) is 9.92. The lowest BCUT2D eigenvalue weighted by Gasteiger charge is -2.13. The molecule has 0 saturated carbocycles. The minimum Gasteiger partial charge on any atom is -0.268 e. The average Bonchev–Trinajstić information content (AvgIpc) is 2.54. The molecule has 0 aliphatic carbocycles. The number of halogens is 2. The number of benzene rings is 2. The van der Waals surface area contributed by atoms with Gasteiger partial charge in [-0.1, -0.05) is 0 Å². The fourth-order valence-corrected chi connectivity index (χ4v) is 3.79. The molecule has 0 spiro atoms. The number of hydrogen-bond donors (Lipinski definition) is 1. The van der Waals surface area contributed by atoms with Crippen molar-refractivity contribution in [3.63, 3.8) is 0 Å². The van der Waals surface area contributed by atoms with E-state index in [0.717, 1.165) is 46.8 Å². The number of nitrogens with one attached hydrogen (secondary N) is 1. The lowest BCUT2D eigenvalue weighted by molar-refractivity contribution is 0.0977. The Bertz CT molecular complexity index is 1050. The van der Waals surface area contributed by atoms with Gasteiger partial charge in [0.25, 0.3) is 15.9 Å². The van der Waals surface area contributed by atoms with E-state index in [4.69, 9.17) is 0 Å². The molecule has 2 rings (SSSR count). The normalized spacial score (nSPS) is 12.2. The van der Waals surface area contributed by atoms with E-state index in [1.165, 1.54) is 14.1 Å². The van der Waals surface area contributed by atoms with Gasteiger partial charge in [0.15, 0.2) is 0 Å². The van der Waals surface area contributed by atoms with Crippen LogP contribution in [0.5, 0.6) is 0 Å². The molecule has 0 bridgehead atoms. The summed E-state index contributed by atoms with van der Waals surface area (Å²) in [5, 5.41) is 0. The van der Waals surface area contributed by atoms with Crippen LogP contribution in [0.15, 0.2) is 52.3 Å². The fraction of sp³-hybridized carbons (Fsp3) is 0.133. The second kappa shape index (κ2) is 7.09. The van der Waals surface area contributed by atoms with Crippen molar-refractivity contribution < 1.29 is 30.4 Å². The second-order valence-electron chi connectivity index (χ2n) is 5.32. The van der Waals surface area contributed by atoms with Crippen LogP contribution in [0.1, 0.15) is 10.4 Å². The molecule has 11 heteroatoms. The van der Waals surface area contributed by atoms with Gasteiger partial charge in [-0.3, -0.25) is 4.79 Å². The number of hydrogen-bond acceptors (Lipinski definition) is 5. The molecule has 1 amide bonds. The minimum atomic E-state index is -4.40. The number of sulfonamides is 2. The maximum atomic E-state index is 13.9. The van der Waals surface area contributed by atoms with Crippen LogP contribution < -0.4 is 4.72 Å². The van der Waals surface area contributed by atoms with Crippen molar-refractivity contribution in [1.82, 2.24) is 9.03 Å². The van der Waals surface area contributed by atoms with Crippen molar-refractivity contribution in [1.29, 1.82) is 0 Å². The zero-order valence-electron chi connectivity index (χ0n) is 13.6. The minimum absolute atomic E-state index is 0.381. The summed E-state index contributed by atoms with van der Waals surface area (Å²) in [7, 11) is -5.86. The summed E-state index contributed by atoms with van der Waals surface area (Å²) >= 11 is 0. The highest BCUT2D eigenvalue weighted by Crippen LogP contribution is 2.18. The summed E-state index contributed by atoms with van der Waals surface area (Å²) in [6, 6.07) is 6.04. The molecular formula is C15H14F2N2O5S2. The average molecular weight is 404 g/mol. The first kappa shape index (κ1) is 19.9. The number of rotatable bonds is 5. The van der Waals surface area contributed by atoms with Gasteiger partial charge in [-0.25, -0.2) is 34.6 Å². The Labute approximate surface area is 149 Å². The Morgan fingerprint density at radius 3 is 2.00 bits per heavy atom. The molecule has 0 atom stereocenters. The molecule has 26 heavy (non-hydrogen) atoms. The third-order valence-corrected chi connectivity index (χ3v) is 6.47. The van der Waals surface area contributed by atoms with E-state index in [2.05, 4.69) is 0 Å². The standard InChI is InChI=1S/C15H14F2N2O5S2/c1-19(2)26(23,24)12-7-8-14(17)13(9-12)15(20)18-25(21,22)11-5-3-10(16)4-6-11/h3-9H,1-2H3,(H,18,20). The van der Waals surface area contributed by atoms with Crippen LogP contribution >= 0.6 is 0 Å². The first-order chi connectivity index (χ1) is 11.9. The van der Waals surface area contributed by atoms with Crippen LogP contribution in [0.3, 0.4) is 0 Å². The van der Waals surface area contributed by atoms with Gasteiger partial charge >= 0.3 is 0 Å². The van der Waals surface area contributed by atoms with Gasteiger partial charge in [0.1, 0.15) is 11.6 Å². The number of amides is 1. The quantitative estimate of drug-likeness (QED) is 0.810. The zero-order valence-corrected chi connectivity index (χ0v) is 15.2. The maximum absolute atomic E-state index is 13.9. The monoisotopic (exact) mass is 404 g/mol. The second-order valence-corrected chi connectivity index (χ2v) is 9.15. The molecule has 0 aliphatic rings. The molecule has 7 nitrogen and oxygen atoms in total. The molecule has 0 radical (unpaired) electrons. The summed E-state index contributed by atoms with van der Waals surface area (Å²) in [6.07, 6.45) is 0. The van der Waals surface area contributed by atoms with E-state index in [0.29, 0.717) is 0 Å². The van der Waals surface area contributed by atoms with Gasteiger partial charge in [0.2, 0.25) is 10.0 Å². The number of carbonyl (C=O) groups excluding carboxylic acids is 1. The van der Waals surface area contributed by atoms with Gasteiger partial charge < -0.3 is 0 Å². The molecule has 140 valence electrons. The van der Waals surface area contributed by atoms with E-state index < -0.39 is 48.0 Å². The summed E-state index contributed by atoms with van der Waals surface area (Å²) in [4.78, 5) is 11.4. The van der Waals surface area contributed by atoms with Crippen molar-refractivity contribution >= 4 is 26.0 Å². The molecule has 0 heterocycles. The summed E-state index contributed by atoms with van der Waals surface area (Å²) < 4.78 is 77.7. The Morgan fingerprint density at radius 1 is 0.923 bits per heavy atom. The number of carbonyl (C=O) groups is 1. The molecule has 2 aromatic carbocycles. The Balaban J connectivity index is 2.39. The van der Waals surface area contributed by atoms with Crippen LogP contribution in [-0.4, -0.2) is 41.1 Å². The predicted octanol–water partition coefficient (Wildman–Crippen LogP) is 1.33. The molecule has 0 unspecified atom stereocenters. The van der Waals surface area contributed by atoms with E-state index >= 15 is 0 Å². The SMILES string of the molecule is CN(C)S(=O)(=O)c1ccc(F)c(C(=O)NS(=O)(=O)c2ccc(F)cc2)c1. The van der Waals surface area contributed by atoms with Crippen molar-refractivity contribution in [3.05, 3.63) is 59.7 Å². The zero-order chi connectivity index (χ0) is 19.7. The summed E-state index contributed by atoms with van der Waals surface area (Å²) in [5.41, 5.74) is -0.765. The first-order valence-electron chi connectivity index (χ1n) is 7.00. The van der Waals surface area contributed by atoms with Crippen molar-refractivity contribution in [2.24, 2.45) is 0 Å². The summed E-state index contributed by atoms with van der Waals surface area (Å²) in [5.74, 6) is -3.14. The van der Waals surface area contributed by atoms with Crippen LogP contribution in [0.25, 0.3) is 0 Å². The molecular weight excluding hydrogens is 390 g/mol. The van der Waals surface area contributed by atoms with Gasteiger partial charge in [-0.05, 0) is 42.5 Å². The Hall–Kier alpha value is -2.37. The molecule has 2 aromatic rings. The van der Waals surface area contributed by atoms with Crippen LogP contribution in [0.4, 0.5) is 8.78 Å². The molecule has 1 N–H and O–H groups in total. The smallest absolute Gasteiger partial charge is 0.268 e. The van der Waals surface area contributed by atoms with Gasteiger partial charge in [-0.2, -0.15) is 0 Å². The maximum Gasteiger partial charge on any atom is 0.268 e. The largest absolute Gasteiger partial charge is 0.268 e. The predicted molar refractivity (Wildman–Crippen MR) is 88.3 cm³/mol. The van der Waals surface area contributed by atoms with Crippen molar-refractivity contribution in [2.45, 2.75) is 9.79 Å². The van der Waals surface area contributed by atoms with Gasteiger partial charge in [0, 0.05) is 14.1 Å². The third-order valence-electron chi connectivity index (χ3n) is 3.31. The van der Waals surface area contributed by atoms with E-state index in [1.807, 2.05) is 0 Å². The van der Waals surface area contributed by atoms with Crippen LogP contribution in [-0.2, 0) is 20.0 Å². The fourth-order valence-electron chi connectivity index (χ4n) is 1.90. The number of nitrogens with zero attached hydrogens (tertiary/aromatic N) is 1. The summed E-state index contributed by atoms with van der Waals surface area (Å²) in [6.45, 7) is 0. The third kappa shape index (κ3) is 4.06. The molecule has 0 saturated heterocycles. The highest BCUT2D eigenvalue weighted by molar-refractivity contribution is 7.90. The van der Waals surface area contributed by atoms with Crippen LogP contribution in [0, 0.1) is 11.6 Å². The van der Waals surface area contributed by atoms with Crippen LogP contribution in [0.2, 0.25) is 0 Å². The molecule has 0 aromatic heterocycles. The lowest BCUT2D eigenvalue weighted by atomic mass is 10.2. The Morgan fingerprint density at radius 2 is 1.46 bits per heavy atom.